The fourth-order valence-corrected chi connectivity index (χ4v) is 5.14. The minimum atomic E-state index is 0.162. The highest BCUT2D eigenvalue weighted by atomic mass is 35.5. The Labute approximate surface area is 183 Å². The third-order valence-electron chi connectivity index (χ3n) is 6.60. The van der Waals surface area contributed by atoms with Crippen LogP contribution in [0.1, 0.15) is 38.7 Å². The van der Waals surface area contributed by atoms with E-state index in [0.29, 0.717) is 24.3 Å². The lowest BCUT2D eigenvalue weighted by molar-refractivity contribution is -0.136. The number of carbonyl (C=O) groups excluding carboxylic acids is 1. The van der Waals surface area contributed by atoms with E-state index in [-0.39, 0.29) is 11.9 Å². The van der Waals surface area contributed by atoms with Crippen LogP contribution in [0.3, 0.4) is 0 Å². The van der Waals surface area contributed by atoms with Crippen molar-refractivity contribution in [1.82, 2.24) is 14.7 Å². The molecule has 0 unspecified atom stereocenters. The van der Waals surface area contributed by atoms with Gasteiger partial charge in [0.1, 0.15) is 11.7 Å². The summed E-state index contributed by atoms with van der Waals surface area (Å²) in [6, 6.07) is 9.15. The highest BCUT2D eigenvalue weighted by Crippen LogP contribution is 2.27. The van der Waals surface area contributed by atoms with Gasteiger partial charge in [-0.1, -0.05) is 23.7 Å². The van der Waals surface area contributed by atoms with Crippen molar-refractivity contribution in [1.29, 1.82) is 0 Å². The van der Waals surface area contributed by atoms with E-state index in [0.717, 1.165) is 56.3 Å². The van der Waals surface area contributed by atoms with Crippen LogP contribution in [0, 0.1) is 0 Å². The van der Waals surface area contributed by atoms with E-state index in [2.05, 4.69) is 39.1 Å². The molecule has 7 nitrogen and oxygen atoms in total. The van der Waals surface area contributed by atoms with E-state index in [1.54, 1.807) is 6.92 Å². The van der Waals surface area contributed by atoms with Crippen molar-refractivity contribution >= 4 is 29.2 Å². The summed E-state index contributed by atoms with van der Waals surface area (Å²) in [6.45, 7) is 7.48. The summed E-state index contributed by atoms with van der Waals surface area (Å²) in [6.07, 6.45) is 3.76. The second-order valence-electron chi connectivity index (χ2n) is 8.70. The van der Waals surface area contributed by atoms with Crippen LogP contribution >= 0.6 is 11.6 Å². The molecule has 2 saturated heterocycles. The summed E-state index contributed by atoms with van der Waals surface area (Å²) in [5.41, 5.74) is 7.05. The predicted molar refractivity (Wildman–Crippen MR) is 121 cm³/mol. The molecule has 162 valence electrons. The maximum atomic E-state index is 12.2. The van der Waals surface area contributed by atoms with Gasteiger partial charge in [-0.05, 0) is 43.9 Å². The number of carbonyl (C=O) groups is 1. The van der Waals surface area contributed by atoms with Crippen LogP contribution in [0.4, 0.5) is 0 Å². The number of nitrogens with zero attached hydrogens (tertiary/aromatic N) is 5. The minimum Gasteiger partial charge on any atom is -0.385 e. The summed E-state index contributed by atoms with van der Waals surface area (Å²) in [7, 11) is 0. The number of piperazine rings is 1. The van der Waals surface area contributed by atoms with Crippen molar-refractivity contribution in [3.63, 3.8) is 0 Å². The van der Waals surface area contributed by atoms with Crippen LogP contribution in [0.5, 0.6) is 0 Å². The standard InChI is InChI=1S/C22H31ClN6O/c1-15-13-29(19-7-9-27(10-8-19)22-12-21(24)25-26-22)20(14-28(15)16(2)30)11-17-3-5-18(23)6-4-17/h3-6,15,19-20H,7-14H2,1-2H3,(H2,24,25)/t15-,20-/m0/s1. The van der Waals surface area contributed by atoms with Gasteiger partial charge in [-0.15, -0.1) is 10.2 Å². The highest BCUT2D eigenvalue weighted by molar-refractivity contribution is 6.30. The third kappa shape index (κ3) is 4.62. The maximum Gasteiger partial charge on any atom is 0.219 e. The molecule has 8 heteroatoms. The Balaban J connectivity index is 1.45. The zero-order valence-corrected chi connectivity index (χ0v) is 18.6. The smallest absolute Gasteiger partial charge is 0.219 e. The Bertz CT molecular complexity index is 831. The van der Waals surface area contributed by atoms with Crippen molar-refractivity contribution in [3.05, 3.63) is 34.9 Å². The van der Waals surface area contributed by atoms with E-state index < -0.39 is 0 Å². The molecule has 0 aromatic heterocycles. The van der Waals surface area contributed by atoms with Crippen molar-refractivity contribution in [2.75, 3.05) is 26.2 Å². The van der Waals surface area contributed by atoms with Gasteiger partial charge in [0.2, 0.25) is 5.91 Å². The Kier molecular flexibility index (Phi) is 6.29. The number of amidine groups is 2. The molecule has 2 atom stereocenters. The second-order valence-corrected chi connectivity index (χ2v) is 9.14. The number of benzene rings is 1. The molecule has 3 heterocycles. The number of hydrogen-bond acceptors (Lipinski definition) is 6. The SMILES string of the molecule is CC(=O)N1C[C@H](Cc2ccc(Cl)cc2)N(C2CCN(C3=NN=C(N)C3)CC2)C[C@@H]1C. The normalized spacial score (nSPS) is 26.0. The maximum absolute atomic E-state index is 12.2. The molecule has 1 aromatic carbocycles. The molecule has 0 bridgehead atoms. The van der Waals surface area contributed by atoms with Crippen LogP contribution in [-0.4, -0.2) is 76.6 Å². The zero-order valence-electron chi connectivity index (χ0n) is 17.8. The number of hydrogen-bond donors (Lipinski definition) is 1. The molecular formula is C22H31ClN6O. The van der Waals surface area contributed by atoms with Gasteiger partial charge >= 0.3 is 0 Å². The quantitative estimate of drug-likeness (QED) is 0.798. The molecule has 0 radical (unpaired) electrons. The Morgan fingerprint density at radius 1 is 1.17 bits per heavy atom. The van der Waals surface area contributed by atoms with Crippen molar-refractivity contribution in [2.24, 2.45) is 15.9 Å². The molecule has 3 aliphatic rings. The van der Waals surface area contributed by atoms with E-state index in [4.69, 9.17) is 17.3 Å². The number of piperidine rings is 1. The fourth-order valence-electron chi connectivity index (χ4n) is 5.01. The molecule has 30 heavy (non-hydrogen) atoms. The number of nitrogens with two attached hydrogens (primary N) is 1. The van der Waals surface area contributed by atoms with Crippen molar-refractivity contribution < 1.29 is 4.79 Å². The molecule has 0 saturated carbocycles. The van der Waals surface area contributed by atoms with E-state index in [9.17, 15) is 4.79 Å². The second kappa shape index (κ2) is 8.94. The Hall–Kier alpha value is -2.12. The van der Waals surface area contributed by atoms with Gasteiger partial charge in [-0.3, -0.25) is 9.69 Å². The Morgan fingerprint density at radius 2 is 1.87 bits per heavy atom. The van der Waals surface area contributed by atoms with Crippen molar-refractivity contribution in [3.8, 4) is 0 Å². The average Bonchev–Trinajstić information content (AvgIpc) is 3.17. The van der Waals surface area contributed by atoms with Gasteiger partial charge in [-0.25, -0.2) is 0 Å². The summed E-state index contributed by atoms with van der Waals surface area (Å²) >= 11 is 6.07. The largest absolute Gasteiger partial charge is 0.385 e. The first-order valence-corrected chi connectivity index (χ1v) is 11.2. The molecule has 3 aliphatic heterocycles. The lowest BCUT2D eigenvalue weighted by atomic mass is 9.94. The van der Waals surface area contributed by atoms with Gasteiger partial charge in [0.05, 0.1) is 6.42 Å². The van der Waals surface area contributed by atoms with Gasteiger partial charge in [-0.2, -0.15) is 0 Å². The van der Waals surface area contributed by atoms with Crippen molar-refractivity contribution in [2.45, 2.75) is 57.7 Å². The lowest BCUT2D eigenvalue weighted by Crippen LogP contribution is -2.63. The van der Waals surface area contributed by atoms with Gasteiger partial charge in [0.25, 0.3) is 0 Å². The number of rotatable bonds is 3. The fraction of sp³-hybridized carbons (Fsp3) is 0.591. The number of halogens is 1. The zero-order chi connectivity index (χ0) is 21.3. The van der Waals surface area contributed by atoms with Gasteiger partial charge < -0.3 is 15.5 Å². The van der Waals surface area contributed by atoms with Crippen LogP contribution < -0.4 is 5.73 Å². The minimum absolute atomic E-state index is 0.162. The molecule has 1 aromatic rings. The third-order valence-corrected chi connectivity index (χ3v) is 6.86. The summed E-state index contributed by atoms with van der Waals surface area (Å²) < 4.78 is 0. The first kappa shape index (κ1) is 21.1. The molecule has 4 rings (SSSR count). The average molecular weight is 431 g/mol. The highest BCUT2D eigenvalue weighted by Gasteiger charge is 2.38. The molecule has 0 spiro atoms. The molecule has 2 fully saturated rings. The molecule has 0 aliphatic carbocycles. The van der Waals surface area contributed by atoms with Gasteiger partial charge in [0, 0.05) is 56.3 Å². The molecular weight excluding hydrogens is 400 g/mol. The first-order chi connectivity index (χ1) is 14.4. The van der Waals surface area contributed by atoms with E-state index >= 15 is 0 Å². The van der Waals surface area contributed by atoms with Crippen LogP contribution in [0.25, 0.3) is 0 Å². The topological polar surface area (TPSA) is 77.5 Å². The summed E-state index contributed by atoms with van der Waals surface area (Å²) in [5, 5.41) is 8.97. The predicted octanol–water partition coefficient (Wildman–Crippen LogP) is 2.34. The van der Waals surface area contributed by atoms with Gasteiger partial charge in [0.15, 0.2) is 0 Å². The summed E-state index contributed by atoms with van der Waals surface area (Å²) in [5.74, 6) is 1.76. The Morgan fingerprint density at radius 3 is 2.47 bits per heavy atom. The van der Waals surface area contributed by atoms with Crippen LogP contribution in [-0.2, 0) is 11.2 Å². The van der Waals surface area contributed by atoms with E-state index in [1.165, 1.54) is 5.56 Å². The van der Waals surface area contributed by atoms with E-state index in [1.807, 2.05) is 17.0 Å². The number of likely N-dealkylation sites (tertiary alicyclic amines) is 1. The molecule has 1 amide bonds. The summed E-state index contributed by atoms with van der Waals surface area (Å²) in [4.78, 5) is 19.2. The first-order valence-electron chi connectivity index (χ1n) is 10.8. The lowest BCUT2D eigenvalue weighted by Gasteiger charge is -2.50. The number of amides is 1. The molecule has 2 N–H and O–H groups in total. The van der Waals surface area contributed by atoms with Crippen LogP contribution in [0.15, 0.2) is 34.5 Å². The monoisotopic (exact) mass is 430 g/mol. The van der Waals surface area contributed by atoms with Crippen LogP contribution in [0.2, 0.25) is 5.02 Å².